The number of aromatic nitrogens is 2. The summed E-state index contributed by atoms with van der Waals surface area (Å²) in [6, 6.07) is 1.08. The Kier molecular flexibility index (Phi) is 3.37. The number of hydrogen-bond donors (Lipinski definition) is 3. The van der Waals surface area contributed by atoms with Gasteiger partial charge in [0.2, 0.25) is 18.0 Å². The summed E-state index contributed by atoms with van der Waals surface area (Å²) in [7, 11) is 0. The Balaban J connectivity index is 2.56. The lowest BCUT2D eigenvalue weighted by molar-refractivity contribution is -0.780. The highest BCUT2D eigenvalue weighted by atomic mass is 19.2. The van der Waals surface area contributed by atoms with Crippen LogP contribution in [-0.4, -0.2) is 39.4 Å². The Morgan fingerprint density at radius 3 is 2.85 bits per heavy atom. The quantitative estimate of drug-likeness (QED) is 0.474. The van der Waals surface area contributed by atoms with Crippen LogP contribution in [0.5, 0.6) is 0 Å². The molecule has 0 aromatic carbocycles. The summed E-state index contributed by atoms with van der Waals surface area (Å²) in [5.41, 5.74) is -3.06. The molecule has 3 N–H and O–H groups in total. The lowest BCUT2D eigenvalue weighted by atomic mass is 9.95. The van der Waals surface area contributed by atoms with Crippen LogP contribution in [0.2, 0.25) is 0 Å². The minimum absolute atomic E-state index is 0.172. The van der Waals surface area contributed by atoms with Gasteiger partial charge in [-0.1, -0.05) is 5.92 Å². The highest BCUT2D eigenvalue weighted by Crippen LogP contribution is 2.44. The first kappa shape index (κ1) is 14.6. The number of H-pyrrole nitrogens is 1. The molecule has 1 aromatic rings. The van der Waals surface area contributed by atoms with E-state index in [-0.39, 0.29) is 5.82 Å². The summed E-state index contributed by atoms with van der Waals surface area (Å²) < 4.78 is 34.0. The molecule has 1 fully saturated rings. The second kappa shape index (κ2) is 4.63. The van der Waals surface area contributed by atoms with Gasteiger partial charge >= 0.3 is 5.56 Å². The minimum Gasteiger partial charge on any atom is -0.390 e. The summed E-state index contributed by atoms with van der Waals surface area (Å²) in [6.07, 6.45) is 1.99. The van der Waals surface area contributed by atoms with Gasteiger partial charge in [-0.25, -0.2) is 23.1 Å². The van der Waals surface area contributed by atoms with Crippen LogP contribution in [0.1, 0.15) is 12.1 Å². The average molecular weight is 287 g/mol. The van der Waals surface area contributed by atoms with Crippen LogP contribution in [0.25, 0.3) is 0 Å². The van der Waals surface area contributed by atoms with E-state index in [1.165, 1.54) is 13.1 Å². The summed E-state index contributed by atoms with van der Waals surface area (Å²) in [5.74, 6) is -1.19. The largest absolute Gasteiger partial charge is 0.390 e. The van der Waals surface area contributed by atoms with Crippen LogP contribution in [0, 0.1) is 19.3 Å². The van der Waals surface area contributed by atoms with E-state index < -0.39 is 36.0 Å². The zero-order valence-corrected chi connectivity index (χ0v) is 10.5. The SMILES string of the molecule is C#C[C@]1(O)[C@H]([n+]2ccc(=O)[nH]c2C)O[C@](F)(CO)[C@H]1F. The molecule has 1 aliphatic rings. The molecule has 1 aliphatic heterocycles. The molecule has 1 aromatic heterocycles. The second-order valence-corrected chi connectivity index (χ2v) is 4.54. The van der Waals surface area contributed by atoms with Crippen molar-refractivity contribution in [2.45, 2.75) is 30.8 Å². The van der Waals surface area contributed by atoms with Gasteiger partial charge in [-0.15, -0.1) is 6.42 Å². The number of aromatic amines is 1. The third-order valence-corrected chi connectivity index (χ3v) is 3.23. The first-order valence-corrected chi connectivity index (χ1v) is 5.71. The topological polar surface area (TPSA) is 86.4 Å². The van der Waals surface area contributed by atoms with E-state index in [1.54, 1.807) is 5.92 Å². The smallest absolute Gasteiger partial charge is 0.335 e. The average Bonchev–Trinajstić information content (AvgIpc) is 2.62. The Morgan fingerprint density at radius 1 is 1.70 bits per heavy atom. The van der Waals surface area contributed by atoms with Gasteiger partial charge in [-0.2, -0.15) is 0 Å². The lowest BCUT2D eigenvalue weighted by Gasteiger charge is -2.22. The molecule has 8 heteroatoms. The number of hydrogen-bond acceptors (Lipinski definition) is 4. The van der Waals surface area contributed by atoms with Crippen molar-refractivity contribution in [2.24, 2.45) is 0 Å². The van der Waals surface area contributed by atoms with E-state index >= 15 is 0 Å². The molecule has 6 nitrogen and oxygen atoms in total. The van der Waals surface area contributed by atoms with Crippen LogP contribution in [0.15, 0.2) is 17.1 Å². The fourth-order valence-corrected chi connectivity index (χ4v) is 2.12. The summed E-state index contributed by atoms with van der Waals surface area (Å²) in [4.78, 5) is 13.5. The summed E-state index contributed by atoms with van der Waals surface area (Å²) in [6.45, 7) is 0.129. The van der Waals surface area contributed by atoms with Gasteiger partial charge in [0.1, 0.15) is 12.8 Å². The maximum absolute atomic E-state index is 14.1. The molecule has 0 aliphatic carbocycles. The van der Waals surface area contributed by atoms with Crippen molar-refractivity contribution in [3.05, 3.63) is 28.4 Å². The third kappa shape index (κ3) is 1.91. The van der Waals surface area contributed by atoms with Crippen molar-refractivity contribution in [1.29, 1.82) is 0 Å². The molecule has 4 atom stereocenters. The molecular weight excluding hydrogens is 274 g/mol. The molecule has 1 saturated heterocycles. The van der Waals surface area contributed by atoms with E-state index in [0.29, 0.717) is 0 Å². The molecule has 2 heterocycles. The van der Waals surface area contributed by atoms with Crippen LogP contribution < -0.4 is 10.1 Å². The van der Waals surface area contributed by atoms with Gasteiger partial charge in [0.25, 0.3) is 11.7 Å². The maximum atomic E-state index is 14.1. The van der Waals surface area contributed by atoms with Crippen molar-refractivity contribution < 1.29 is 28.3 Å². The lowest BCUT2D eigenvalue weighted by Crippen LogP contribution is -2.56. The predicted molar refractivity (Wildman–Crippen MR) is 61.7 cm³/mol. The molecular formula is C12H13F2N2O4+. The molecule has 0 amide bonds. The van der Waals surface area contributed by atoms with Crippen molar-refractivity contribution >= 4 is 0 Å². The monoisotopic (exact) mass is 287 g/mol. The first-order chi connectivity index (χ1) is 9.28. The van der Waals surface area contributed by atoms with Gasteiger partial charge in [-0.3, -0.25) is 4.74 Å². The van der Waals surface area contributed by atoms with Gasteiger partial charge in [0.05, 0.1) is 6.07 Å². The molecule has 0 bridgehead atoms. The van der Waals surface area contributed by atoms with Crippen LogP contribution in [-0.2, 0) is 4.74 Å². The standard InChI is InChI=1S/C12H12F2N2O4/c1-3-11(19)9(13)12(14,6-17)20-10(11)16-5-4-8(18)15-7(16)2/h1,4-5,9-10,17,19H,6H2,2H3/p+1/t9-,10+,11+,12+/m0/s1. The molecule has 0 spiro atoms. The number of alkyl halides is 2. The number of nitrogens with zero attached hydrogens (tertiary/aromatic N) is 1. The maximum Gasteiger partial charge on any atom is 0.335 e. The Morgan fingerprint density at radius 2 is 2.35 bits per heavy atom. The number of aliphatic hydroxyl groups excluding tert-OH is 1. The molecule has 2 rings (SSSR count). The zero-order chi connectivity index (χ0) is 15.1. The second-order valence-electron chi connectivity index (χ2n) is 4.54. The number of terminal acetylenes is 1. The number of ether oxygens (including phenoxy) is 1. The van der Waals surface area contributed by atoms with Crippen molar-refractivity contribution in [3.63, 3.8) is 0 Å². The van der Waals surface area contributed by atoms with E-state index in [4.69, 9.17) is 16.3 Å². The minimum atomic E-state index is -3.12. The molecule has 0 saturated carbocycles. The van der Waals surface area contributed by atoms with Crippen molar-refractivity contribution in [1.82, 2.24) is 4.98 Å². The van der Waals surface area contributed by atoms with Crippen LogP contribution >= 0.6 is 0 Å². The first-order valence-electron chi connectivity index (χ1n) is 5.71. The normalized spacial score (nSPS) is 36.8. The van der Waals surface area contributed by atoms with E-state index in [0.717, 1.165) is 10.6 Å². The predicted octanol–water partition coefficient (Wildman–Crippen LogP) is -1.14. The van der Waals surface area contributed by atoms with Gasteiger partial charge in [0, 0.05) is 6.92 Å². The summed E-state index contributed by atoms with van der Waals surface area (Å²) >= 11 is 0. The van der Waals surface area contributed by atoms with Gasteiger partial charge in [-0.05, 0) is 0 Å². The fraction of sp³-hybridized carbons (Fsp3) is 0.500. The zero-order valence-electron chi connectivity index (χ0n) is 10.5. The number of aliphatic hydroxyl groups is 2. The van der Waals surface area contributed by atoms with E-state index in [2.05, 4.69) is 4.98 Å². The van der Waals surface area contributed by atoms with Gasteiger partial charge in [0.15, 0.2) is 0 Å². The van der Waals surface area contributed by atoms with Crippen molar-refractivity contribution in [2.75, 3.05) is 6.61 Å². The number of rotatable bonds is 2. The molecule has 0 unspecified atom stereocenters. The highest BCUT2D eigenvalue weighted by Gasteiger charge is 2.68. The number of halogens is 2. The fourth-order valence-electron chi connectivity index (χ4n) is 2.12. The van der Waals surface area contributed by atoms with Crippen molar-refractivity contribution in [3.8, 4) is 12.3 Å². The molecule has 0 radical (unpaired) electrons. The van der Waals surface area contributed by atoms with Crippen LogP contribution in [0.3, 0.4) is 0 Å². The van der Waals surface area contributed by atoms with E-state index in [9.17, 15) is 18.7 Å². The Labute approximate surface area is 112 Å². The molecule has 20 heavy (non-hydrogen) atoms. The van der Waals surface area contributed by atoms with Crippen LogP contribution in [0.4, 0.5) is 8.78 Å². The third-order valence-electron chi connectivity index (χ3n) is 3.23. The number of aryl methyl sites for hydroxylation is 1. The Hall–Kier alpha value is -1.82. The summed E-state index contributed by atoms with van der Waals surface area (Å²) in [5, 5.41) is 19.1. The number of nitrogens with one attached hydrogen (secondary N) is 1. The van der Waals surface area contributed by atoms with Gasteiger partial charge < -0.3 is 10.2 Å². The highest BCUT2D eigenvalue weighted by molar-refractivity contribution is 5.19. The Bertz CT molecular complexity index is 629. The van der Waals surface area contributed by atoms with E-state index in [1.807, 2.05) is 0 Å². The molecule has 108 valence electrons.